The number of alkyl halides is 1. The molecule has 74 valence electrons. The van der Waals surface area contributed by atoms with Crippen molar-refractivity contribution in [3.8, 4) is 0 Å². The molecule has 14 heavy (non-hydrogen) atoms. The maximum absolute atomic E-state index is 3.75. The summed E-state index contributed by atoms with van der Waals surface area (Å²) in [4.78, 5) is 3.16. The highest BCUT2D eigenvalue weighted by atomic mass is 79.9. The standard InChI is InChI=1S/C11H11BrS2/c1-7-5-10(8(2)14-7)11(12)9-3-4-13-6-9/h3-6,11H,1-2H3. The number of rotatable bonds is 2. The Kier molecular flexibility index (Phi) is 3.10. The molecule has 0 spiro atoms. The average Bonchev–Trinajstić information content (AvgIpc) is 2.73. The summed E-state index contributed by atoms with van der Waals surface area (Å²) in [5.41, 5.74) is 2.77. The summed E-state index contributed by atoms with van der Waals surface area (Å²) in [7, 11) is 0. The second-order valence-corrected chi connectivity index (χ2v) is 6.44. The molecule has 0 aliphatic rings. The van der Waals surface area contributed by atoms with E-state index in [9.17, 15) is 0 Å². The van der Waals surface area contributed by atoms with E-state index in [4.69, 9.17) is 0 Å². The van der Waals surface area contributed by atoms with Crippen molar-refractivity contribution in [1.82, 2.24) is 0 Å². The van der Waals surface area contributed by atoms with Crippen LogP contribution in [0.2, 0.25) is 0 Å². The molecular formula is C11H11BrS2. The van der Waals surface area contributed by atoms with Gasteiger partial charge in [-0.15, -0.1) is 11.3 Å². The van der Waals surface area contributed by atoms with Crippen molar-refractivity contribution in [3.63, 3.8) is 0 Å². The second kappa shape index (κ2) is 4.17. The largest absolute Gasteiger partial charge is 0.152 e. The molecule has 1 unspecified atom stereocenters. The number of hydrogen-bond donors (Lipinski definition) is 0. The van der Waals surface area contributed by atoms with Crippen LogP contribution in [-0.2, 0) is 0 Å². The van der Waals surface area contributed by atoms with E-state index >= 15 is 0 Å². The topological polar surface area (TPSA) is 0 Å². The van der Waals surface area contributed by atoms with Gasteiger partial charge in [0.2, 0.25) is 0 Å². The monoisotopic (exact) mass is 286 g/mol. The van der Waals surface area contributed by atoms with Gasteiger partial charge in [-0.3, -0.25) is 0 Å². The molecule has 0 bridgehead atoms. The molecule has 0 amide bonds. The van der Waals surface area contributed by atoms with E-state index in [0.29, 0.717) is 4.83 Å². The maximum Gasteiger partial charge on any atom is 0.0663 e. The van der Waals surface area contributed by atoms with Crippen LogP contribution >= 0.6 is 38.6 Å². The van der Waals surface area contributed by atoms with Crippen molar-refractivity contribution in [2.24, 2.45) is 0 Å². The van der Waals surface area contributed by atoms with E-state index in [-0.39, 0.29) is 0 Å². The summed E-state index contributed by atoms with van der Waals surface area (Å²) in [5.74, 6) is 0. The fourth-order valence-electron chi connectivity index (χ4n) is 1.50. The van der Waals surface area contributed by atoms with Gasteiger partial charge in [0, 0.05) is 9.75 Å². The van der Waals surface area contributed by atoms with E-state index in [1.54, 1.807) is 11.3 Å². The number of halogens is 1. The maximum atomic E-state index is 3.75. The Labute approximate surface area is 101 Å². The molecule has 0 fully saturated rings. The van der Waals surface area contributed by atoms with Crippen LogP contribution in [0.4, 0.5) is 0 Å². The first-order valence-corrected chi connectivity index (χ1v) is 7.09. The van der Waals surface area contributed by atoms with Crippen molar-refractivity contribution in [2.75, 3.05) is 0 Å². The summed E-state index contributed by atoms with van der Waals surface area (Å²) in [6, 6.07) is 4.45. The van der Waals surface area contributed by atoms with Gasteiger partial charge in [0.05, 0.1) is 4.83 Å². The van der Waals surface area contributed by atoms with Crippen LogP contribution in [0.15, 0.2) is 22.9 Å². The molecule has 1 atom stereocenters. The summed E-state index contributed by atoms with van der Waals surface area (Å²) in [6.07, 6.45) is 0. The van der Waals surface area contributed by atoms with Crippen molar-refractivity contribution >= 4 is 38.6 Å². The highest BCUT2D eigenvalue weighted by molar-refractivity contribution is 9.09. The van der Waals surface area contributed by atoms with Gasteiger partial charge < -0.3 is 0 Å². The van der Waals surface area contributed by atoms with E-state index in [2.05, 4.69) is 52.7 Å². The van der Waals surface area contributed by atoms with Crippen LogP contribution in [0.25, 0.3) is 0 Å². The van der Waals surface area contributed by atoms with Crippen LogP contribution in [0, 0.1) is 13.8 Å². The third-order valence-corrected chi connectivity index (χ3v) is 4.89. The predicted molar refractivity (Wildman–Crippen MR) is 68.9 cm³/mol. The van der Waals surface area contributed by atoms with Gasteiger partial charge in [0.25, 0.3) is 0 Å². The summed E-state index contributed by atoms with van der Waals surface area (Å²) < 4.78 is 0. The molecule has 2 aromatic heterocycles. The quantitative estimate of drug-likeness (QED) is 0.688. The highest BCUT2D eigenvalue weighted by Gasteiger charge is 2.14. The molecule has 0 saturated heterocycles. The van der Waals surface area contributed by atoms with E-state index < -0.39 is 0 Å². The Hall–Kier alpha value is -0.120. The molecule has 0 radical (unpaired) electrons. The Morgan fingerprint density at radius 1 is 1.36 bits per heavy atom. The molecule has 0 aliphatic carbocycles. The van der Waals surface area contributed by atoms with Crippen molar-refractivity contribution in [3.05, 3.63) is 43.8 Å². The molecule has 0 saturated carbocycles. The minimum Gasteiger partial charge on any atom is -0.152 e. The molecule has 0 aliphatic heterocycles. The lowest BCUT2D eigenvalue weighted by atomic mass is 10.1. The third kappa shape index (κ3) is 1.95. The molecular weight excluding hydrogens is 276 g/mol. The Bertz CT molecular complexity index is 414. The molecule has 0 nitrogen and oxygen atoms in total. The van der Waals surface area contributed by atoms with Gasteiger partial charge in [0.1, 0.15) is 0 Å². The molecule has 2 heterocycles. The fraction of sp³-hybridized carbons (Fsp3) is 0.273. The van der Waals surface area contributed by atoms with Gasteiger partial charge in [0.15, 0.2) is 0 Å². The fourth-order valence-corrected chi connectivity index (χ4v) is 4.24. The van der Waals surface area contributed by atoms with Gasteiger partial charge in [-0.1, -0.05) is 15.9 Å². The summed E-state index contributed by atoms with van der Waals surface area (Å²) in [6.45, 7) is 4.35. The first-order chi connectivity index (χ1) is 6.68. The highest BCUT2D eigenvalue weighted by Crippen LogP contribution is 2.37. The van der Waals surface area contributed by atoms with Crippen LogP contribution in [0.1, 0.15) is 25.7 Å². The molecule has 2 rings (SSSR count). The van der Waals surface area contributed by atoms with Gasteiger partial charge in [-0.2, -0.15) is 11.3 Å². The Balaban J connectivity index is 2.36. The van der Waals surface area contributed by atoms with Gasteiger partial charge >= 0.3 is 0 Å². The Morgan fingerprint density at radius 3 is 2.64 bits per heavy atom. The first-order valence-electron chi connectivity index (χ1n) is 4.41. The number of thiophene rings is 2. The van der Waals surface area contributed by atoms with E-state index in [0.717, 1.165) is 0 Å². The van der Waals surface area contributed by atoms with Crippen molar-refractivity contribution in [2.45, 2.75) is 18.7 Å². The number of aryl methyl sites for hydroxylation is 2. The zero-order valence-electron chi connectivity index (χ0n) is 8.08. The average molecular weight is 287 g/mol. The van der Waals surface area contributed by atoms with Gasteiger partial charge in [-0.25, -0.2) is 0 Å². The molecule has 0 aromatic carbocycles. The molecule has 2 aromatic rings. The minimum atomic E-state index is 0.360. The van der Waals surface area contributed by atoms with Crippen LogP contribution in [0.5, 0.6) is 0 Å². The number of hydrogen-bond acceptors (Lipinski definition) is 2. The minimum absolute atomic E-state index is 0.360. The summed E-state index contributed by atoms with van der Waals surface area (Å²) in [5, 5.41) is 4.32. The molecule has 0 N–H and O–H groups in total. The first kappa shape index (κ1) is 10.4. The van der Waals surface area contributed by atoms with Crippen LogP contribution < -0.4 is 0 Å². The normalized spacial score (nSPS) is 13.1. The lowest BCUT2D eigenvalue weighted by Crippen LogP contribution is -1.89. The smallest absolute Gasteiger partial charge is 0.0663 e. The van der Waals surface area contributed by atoms with E-state index in [1.807, 2.05) is 11.3 Å². The lowest BCUT2D eigenvalue weighted by Gasteiger charge is -2.06. The van der Waals surface area contributed by atoms with Crippen LogP contribution in [-0.4, -0.2) is 0 Å². The summed E-state index contributed by atoms with van der Waals surface area (Å²) >= 11 is 7.37. The predicted octanol–water partition coefficient (Wildman–Crippen LogP) is 4.91. The van der Waals surface area contributed by atoms with Crippen molar-refractivity contribution < 1.29 is 0 Å². The second-order valence-electron chi connectivity index (χ2n) is 3.29. The Morgan fingerprint density at radius 2 is 2.14 bits per heavy atom. The van der Waals surface area contributed by atoms with E-state index in [1.165, 1.54) is 20.9 Å². The zero-order chi connectivity index (χ0) is 10.1. The van der Waals surface area contributed by atoms with Crippen LogP contribution in [0.3, 0.4) is 0 Å². The third-order valence-electron chi connectivity index (χ3n) is 2.19. The van der Waals surface area contributed by atoms with Crippen molar-refractivity contribution in [1.29, 1.82) is 0 Å². The van der Waals surface area contributed by atoms with Gasteiger partial charge in [-0.05, 0) is 47.9 Å². The zero-order valence-corrected chi connectivity index (χ0v) is 11.3. The SMILES string of the molecule is Cc1cc(C(Br)c2ccsc2)c(C)s1. The lowest BCUT2D eigenvalue weighted by molar-refractivity contribution is 1.18. The molecule has 3 heteroatoms.